The third kappa shape index (κ3) is 3.24. The minimum Gasteiger partial charge on any atom is -0.368 e. The third-order valence-electron chi connectivity index (χ3n) is 1.55. The van der Waals surface area contributed by atoms with Gasteiger partial charge in [0, 0.05) is 5.02 Å². The molecule has 16 heavy (non-hydrogen) atoms. The van der Waals surface area contributed by atoms with Crippen LogP contribution in [-0.4, -0.2) is 11.7 Å². The lowest BCUT2D eigenvalue weighted by Gasteiger charge is -2.00. The van der Waals surface area contributed by atoms with Gasteiger partial charge < -0.3 is 4.84 Å². The summed E-state index contributed by atoms with van der Waals surface area (Å²) in [6.45, 7) is 0. The number of benzene rings is 1. The SMILES string of the molecule is N#C/C(=N\Nc1ccc(Cl)cc1)C(=O)ON. The maximum absolute atomic E-state index is 10.9. The number of carbonyl (C=O) groups is 1. The van der Waals surface area contributed by atoms with Crippen LogP contribution in [0.4, 0.5) is 5.69 Å². The summed E-state index contributed by atoms with van der Waals surface area (Å²) >= 11 is 5.67. The first kappa shape index (κ1) is 12.0. The lowest BCUT2D eigenvalue weighted by molar-refractivity contribution is -0.135. The number of anilines is 1. The standard InChI is InChI=1S/C9H7ClN4O2/c10-6-1-3-7(4-2-6)13-14-8(5-11)9(15)16-12/h1-4,13H,12H2/b14-8+. The molecule has 0 fully saturated rings. The maximum atomic E-state index is 10.9. The molecule has 0 amide bonds. The fourth-order valence-electron chi connectivity index (χ4n) is 0.817. The zero-order chi connectivity index (χ0) is 12.0. The Bertz CT molecular complexity index is 450. The second kappa shape index (κ2) is 5.70. The van der Waals surface area contributed by atoms with Gasteiger partial charge in [-0.3, -0.25) is 5.43 Å². The minimum absolute atomic E-state index is 0.475. The normalized spacial score (nSPS) is 10.4. The zero-order valence-electron chi connectivity index (χ0n) is 7.98. The summed E-state index contributed by atoms with van der Waals surface area (Å²) in [6.07, 6.45) is 0. The molecule has 7 heteroatoms. The van der Waals surface area contributed by atoms with Crippen molar-refractivity contribution in [2.75, 3.05) is 5.43 Å². The highest BCUT2D eigenvalue weighted by molar-refractivity contribution is 6.43. The van der Waals surface area contributed by atoms with E-state index in [2.05, 4.69) is 21.3 Å². The molecular formula is C9H7ClN4O2. The number of nitrogens with zero attached hydrogens (tertiary/aromatic N) is 2. The van der Waals surface area contributed by atoms with Crippen LogP contribution < -0.4 is 11.3 Å². The Balaban J connectivity index is 2.75. The summed E-state index contributed by atoms with van der Waals surface area (Å²) in [6, 6.07) is 8.07. The molecule has 1 rings (SSSR count). The van der Waals surface area contributed by atoms with Crippen LogP contribution in [0.3, 0.4) is 0 Å². The number of hydrazone groups is 1. The number of rotatable bonds is 3. The monoisotopic (exact) mass is 238 g/mol. The summed E-state index contributed by atoms with van der Waals surface area (Å²) in [5, 5.41) is 12.6. The summed E-state index contributed by atoms with van der Waals surface area (Å²) in [4.78, 5) is 14.7. The van der Waals surface area contributed by atoms with Crippen LogP contribution in [-0.2, 0) is 9.63 Å². The highest BCUT2D eigenvalue weighted by atomic mass is 35.5. The van der Waals surface area contributed by atoms with Crippen molar-refractivity contribution >= 4 is 29.0 Å². The van der Waals surface area contributed by atoms with E-state index in [0.29, 0.717) is 10.7 Å². The predicted molar refractivity (Wildman–Crippen MR) is 58.4 cm³/mol. The Hall–Kier alpha value is -2.10. The number of carbonyl (C=O) groups excluding carboxylic acids is 1. The second-order valence-electron chi connectivity index (χ2n) is 2.60. The Kier molecular flexibility index (Phi) is 4.27. The van der Waals surface area contributed by atoms with Crippen molar-refractivity contribution in [1.29, 1.82) is 5.26 Å². The highest BCUT2D eigenvalue weighted by Gasteiger charge is 2.11. The Morgan fingerprint density at radius 1 is 1.50 bits per heavy atom. The van der Waals surface area contributed by atoms with Gasteiger partial charge in [0.1, 0.15) is 6.07 Å². The molecule has 0 aliphatic heterocycles. The average Bonchev–Trinajstić information content (AvgIpc) is 2.31. The van der Waals surface area contributed by atoms with Crippen molar-refractivity contribution in [3.8, 4) is 6.07 Å². The van der Waals surface area contributed by atoms with E-state index >= 15 is 0 Å². The predicted octanol–water partition coefficient (Wildman–Crippen LogP) is 1.05. The van der Waals surface area contributed by atoms with Gasteiger partial charge in [0.2, 0.25) is 5.71 Å². The van der Waals surface area contributed by atoms with E-state index in [1.807, 2.05) is 0 Å². The Morgan fingerprint density at radius 3 is 2.62 bits per heavy atom. The van der Waals surface area contributed by atoms with Gasteiger partial charge in [-0.1, -0.05) is 11.6 Å². The number of hydrogen-bond donors (Lipinski definition) is 2. The van der Waals surface area contributed by atoms with Crippen molar-refractivity contribution in [2.45, 2.75) is 0 Å². The van der Waals surface area contributed by atoms with Crippen LogP contribution in [0.15, 0.2) is 29.4 Å². The van der Waals surface area contributed by atoms with Crippen LogP contribution in [0.25, 0.3) is 0 Å². The molecule has 0 heterocycles. The Morgan fingerprint density at radius 2 is 2.12 bits per heavy atom. The molecule has 3 N–H and O–H groups in total. The highest BCUT2D eigenvalue weighted by Crippen LogP contribution is 2.13. The van der Waals surface area contributed by atoms with Gasteiger partial charge in [0.25, 0.3) is 0 Å². The molecule has 0 aromatic heterocycles. The van der Waals surface area contributed by atoms with E-state index < -0.39 is 11.7 Å². The van der Waals surface area contributed by atoms with Crippen LogP contribution in [0.5, 0.6) is 0 Å². The van der Waals surface area contributed by atoms with E-state index in [0.717, 1.165) is 0 Å². The zero-order valence-corrected chi connectivity index (χ0v) is 8.73. The molecule has 1 aromatic rings. The van der Waals surface area contributed by atoms with E-state index in [-0.39, 0.29) is 0 Å². The molecule has 1 aromatic carbocycles. The molecular weight excluding hydrogens is 232 g/mol. The fraction of sp³-hybridized carbons (Fsp3) is 0. The fourth-order valence-corrected chi connectivity index (χ4v) is 0.943. The minimum atomic E-state index is -1.01. The summed E-state index contributed by atoms with van der Waals surface area (Å²) in [7, 11) is 0. The smallest absolute Gasteiger partial charge is 0.368 e. The summed E-state index contributed by atoms with van der Waals surface area (Å²) < 4.78 is 0. The van der Waals surface area contributed by atoms with Gasteiger partial charge in [0.05, 0.1) is 5.69 Å². The van der Waals surface area contributed by atoms with Crippen molar-refractivity contribution < 1.29 is 9.63 Å². The van der Waals surface area contributed by atoms with Gasteiger partial charge in [-0.05, 0) is 24.3 Å². The van der Waals surface area contributed by atoms with Crippen LogP contribution in [0.2, 0.25) is 5.02 Å². The van der Waals surface area contributed by atoms with Gasteiger partial charge in [-0.25, -0.2) is 4.79 Å². The van der Waals surface area contributed by atoms with Crippen molar-refractivity contribution in [3.63, 3.8) is 0 Å². The number of nitriles is 1. The maximum Gasteiger partial charge on any atom is 0.388 e. The van der Waals surface area contributed by atoms with E-state index in [4.69, 9.17) is 16.9 Å². The molecule has 0 unspecified atom stereocenters. The van der Waals surface area contributed by atoms with E-state index in [9.17, 15) is 4.79 Å². The number of halogens is 1. The number of hydrogen-bond acceptors (Lipinski definition) is 6. The quantitative estimate of drug-likeness (QED) is 0.605. The second-order valence-corrected chi connectivity index (χ2v) is 3.03. The van der Waals surface area contributed by atoms with Crippen molar-refractivity contribution in [2.24, 2.45) is 11.0 Å². The molecule has 0 aliphatic carbocycles. The van der Waals surface area contributed by atoms with Gasteiger partial charge in [0.15, 0.2) is 0 Å². The lowest BCUT2D eigenvalue weighted by Crippen LogP contribution is -2.20. The summed E-state index contributed by atoms with van der Waals surface area (Å²) in [5.41, 5.74) is 2.59. The molecule has 0 saturated heterocycles. The van der Waals surface area contributed by atoms with Crippen LogP contribution >= 0.6 is 11.6 Å². The molecule has 0 bridgehead atoms. The molecule has 0 spiro atoms. The molecule has 82 valence electrons. The number of nitrogens with two attached hydrogens (primary N) is 1. The first-order valence-electron chi connectivity index (χ1n) is 4.08. The van der Waals surface area contributed by atoms with Crippen LogP contribution in [0.1, 0.15) is 0 Å². The van der Waals surface area contributed by atoms with Crippen molar-refractivity contribution in [1.82, 2.24) is 0 Å². The van der Waals surface area contributed by atoms with E-state index in [1.54, 1.807) is 30.3 Å². The van der Waals surface area contributed by atoms with Gasteiger partial charge in [-0.2, -0.15) is 16.3 Å². The molecule has 0 aliphatic rings. The first-order valence-corrected chi connectivity index (χ1v) is 4.45. The average molecular weight is 239 g/mol. The third-order valence-corrected chi connectivity index (χ3v) is 1.80. The first-order chi connectivity index (χ1) is 7.67. The Labute approximate surface area is 96.2 Å². The van der Waals surface area contributed by atoms with Crippen LogP contribution in [0, 0.1) is 11.3 Å². The van der Waals surface area contributed by atoms with E-state index in [1.165, 1.54) is 0 Å². The van der Waals surface area contributed by atoms with Gasteiger partial charge >= 0.3 is 5.97 Å². The molecule has 6 nitrogen and oxygen atoms in total. The van der Waals surface area contributed by atoms with Crippen molar-refractivity contribution in [3.05, 3.63) is 29.3 Å². The number of nitrogens with one attached hydrogen (secondary N) is 1. The largest absolute Gasteiger partial charge is 0.388 e. The molecule has 0 radical (unpaired) electrons. The topological polar surface area (TPSA) is 100 Å². The molecule has 0 atom stereocenters. The lowest BCUT2D eigenvalue weighted by atomic mass is 10.3. The molecule has 0 saturated carbocycles. The van der Waals surface area contributed by atoms with Gasteiger partial charge in [-0.15, -0.1) is 0 Å². The summed E-state index contributed by atoms with van der Waals surface area (Å²) in [5.74, 6) is 3.60.